The van der Waals surface area contributed by atoms with Gasteiger partial charge in [-0.15, -0.1) is 0 Å². The summed E-state index contributed by atoms with van der Waals surface area (Å²) < 4.78 is 12.9. The SMILES string of the molecule is O=C(Nc1ccc(F)cc1)NC1[C@H]2CC(O)(c3cc(Cl)cc4[nH]ncc34)C[C@@H]12. The van der Waals surface area contributed by atoms with Crippen LogP contribution in [0.25, 0.3) is 10.9 Å². The fourth-order valence-electron chi connectivity index (χ4n) is 4.55. The average molecular weight is 401 g/mol. The molecule has 2 aromatic carbocycles. The van der Waals surface area contributed by atoms with Crippen molar-refractivity contribution in [3.63, 3.8) is 0 Å². The molecular weight excluding hydrogens is 383 g/mol. The summed E-state index contributed by atoms with van der Waals surface area (Å²) in [5.74, 6) is 0.0736. The highest BCUT2D eigenvalue weighted by Crippen LogP contribution is 2.60. The predicted molar refractivity (Wildman–Crippen MR) is 104 cm³/mol. The fourth-order valence-corrected chi connectivity index (χ4v) is 4.77. The molecule has 0 saturated heterocycles. The lowest BCUT2D eigenvalue weighted by Gasteiger charge is -2.27. The second-order valence-corrected chi connectivity index (χ2v) is 8.12. The highest BCUT2D eigenvalue weighted by Gasteiger charge is 2.62. The summed E-state index contributed by atoms with van der Waals surface area (Å²) in [6, 6.07) is 8.90. The van der Waals surface area contributed by atoms with Gasteiger partial charge < -0.3 is 15.7 Å². The van der Waals surface area contributed by atoms with Crippen molar-refractivity contribution in [2.45, 2.75) is 24.5 Å². The molecule has 6 nitrogen and oxygen atoms in total. The van der Waals surface area contributed by atoms with E-state index in [1.165, 1.54) is 24.3 Å². The van der Waals surface area contributed by atoms with Crippen LogP contribution >= 0.6 is 11.6 Å². The lowest BCUT2D eigenvalue weighted by atomic mass is 9.86. The number of amides is 2. The molecular formula is C20H18ClFN4O2. The quantitative estimate of drug-likeness (QED) is 0.539. The van der Waals surface area contributed by atoms with Gasteiger partial charge in [0.2, 0.25) is 0 Å². The minimum absolute atomic E-state index is 0.0275. The van der Waals surface area contributed by atoms with Gasteiger partial charge in [-0.25, -0.2) is 9.18 Å². The molecule has 2 aliphatic rings. The highest BCUT2D eigenvalue weighted by atomic mass is 35.5. The molecule has 144 valence electrons. The predicted octanol–water partition coefficient (Wildman–Crippen LogP) is 3.77. The monoisotopic (exact) mass is 400 g/mol. The molecule has 28 heavy (non-hydrogen) atoms. The van der Waals surface area contributed by atoms with Gasteiger partial charge in [0, 0.05) is 22.1 Å². The number of nitrogens with zero attached hydrogens (tertiary/aromatic N) is 1. The Kier molecular flexibility index (Phi) is 3.86. The number of fused-ring (bicyclic) bond motifs is 2. The largest absolute Gasteiger partial charge is 0.385 e. The Morgan fingerprint density at radius 1 is 1.25 bits per heavy atom. The Morgan fingerprint density at radius 3 is 2.68 bits per heavy atom. The van der Waals surface area contributed by atoms with Gasteiger partial charge in [-0.3, -0.25) is 5.10 Å². The maximum atomic E-state index is 12.9. The topological polar surface area (TPSA) is 90.0 Å². The number of hydrogen-bond acceptors (Lipinski definition) is 3. The van der Waals surface area contributed by atoms with Crippen LogP contribution in [0.5, 0.6) is 0 Å². The first-order chi connectivity index (χ1) is 13.4. The van der Waals surface area contributed by atoms with Crippen LogP contribution in [0, 0.1) is 17.7 Å². The first kappa shape index (κ1) is 17.5. The molecule has 3 aromatic rings. The number of carbonyl (C=O) groups excluding carboxylic acids is 1. The molecule has 4 atom stereocenters. The summed E-state index contributed by atoms with van der Waals surface area (Å²) in [5, 5.41) is 25.3. The van der Waals surface area contributed by atoms with E-state index in [0.29, 0.717) is 23.6 Å². The zero-order valence-corrected chi connectivity index (χ0v) is 15.5. The molecule has 2 fully saturated rings. The third kappa shape index (κ3) is 2.91. The van der Waals surface area contributed by atoms with Crippen LogP contribution in [0.1, 0.15) is 18.4 Å². The molecule has 2 unspecified atom stereocenters. The number of H-pyrrole nitrogens is 1. The molecule has 1 aromatic heterocycles. The second-order valence-electron chi connectivity index (χ2n) is 7.68. The minimum atomic E-state index is -0.978. The molecule has 0 spiro atoms. The van der Waals surface area contributed by atoms with Gasteiger partial charge in [-0.05, 0) is 66.6 Å². The van der Waals surface area contributed by atoms with E-state index >= 15 is 0 Å². The van der Waals surface area contributed by atoms with Gasteiger partial charge in [0.15, 0.2) is 0 Å². The number of aliphatic hydroxyl groups is 1. The molecule has 2 saturated carbocycles. The van der Waals surface area contributed by atoms with Crippen LogP contribution in [0.4, 0.5) is 14.9 Å². The number of benzene rings is 2. The van der Waals surface area contributed by atoms with Gasteiger partial charge in [0.25, 0.3) is 0 Å². The number of carbonyl (C=O) groups is 1. The van der Waals surface area contributed by atoms with Crippen LogP contribution in [-0.2, 0) is 5.60 Å². The summed E-state index contributed by atoms with van der Waals surface area (Å²) in [6.07, 6.45) is 2.81. The van der Waals surface area contributed by atoms with Crippen molar-refractivity contribution < 1.29 is 14.3 Å². The number of urea groups is 1. The number of aromatic nitrogens is 2. The van der Waals surface area contributed by atoms with Crippen LogP contribution < -0.4 is 10.6 Å². The lowest BCUT2D eigenvalue weighted by molar-refractivity contribution is 0.0300. The molecule has 0 bridgehead atoms. The van der Waals surface area contributed by atoms with Crippen LogP contribution in [0.2, 0.25) is 5.02 Å². The normalized spacial score (nSPS) is 28.2. The Bertz CT molecular complexity index is 1060. The molecule has 0 aliphatic heterocycles. The van der Waals surface area contributed by atoms with E-state index in [0.717, 1.165) is 16.5 Å². The van der Waals surface area contributed by atoms with Crippen molar-refractivity contribution >= 4 is 34.2 Å². The van der Waals surface area contributed by atoms with Crippen LogP contribution in [0.3, 0.4) is 0 Å². The molecule has 2 amide bonds. The summed E-state index contributed by atoms with van der Waals surface area (Å²) in [5.41, 5.74) is 1.13. The number of aromatic amines is 1. The van der Waals surface area contributed by atoms with Gasteiger partial charge in [-0.1, -0.05) is 11.6 Å². The number of nitrogens with one attached hydrogen (secondary N) is 3. The number of rotatable bonds is 3. The first-order valence-electron chi connectivity index (χ1n) is 9.11. The van der Waals surface area contributed by atoms with Crippen molar-refractivity contribution in [2.24, 2.45) is 11.8 Å². The van der Waals surface area contributed by atoms with Gasteiger partial charge in [-0.2, -0.15) is 5.10 Å². The second kappa shape index (κ2) is 6.18. The van der Waals surface area contributed by atoms with Gasteiger partial charge in [0.05, 0.1) is 17.3 Å². The van der Waals surface area contributed by atoms with Crippen molar-refractivity contribution in [2.75, 3.05) is 5.32 Å². The molecule has 2 aliphatic carbocycles. The van der Waals surface area contributed by atoms with E-state index in [4.69, 9.17) is 11.6 Å². The Balaban J connectivity index is 1.26. The molecule has 8 heteroatoms. The molecule has 5 rings (SSSR count). The third-order valence-electron chi connectivity index (χ3n) is 5.90. The molecule has 0 radical (unpaired) electrons. The Hall–Kier alpha value is -2.64. The standard InChI is InChI=1S/C20H18ClFN4O2/c21-10-5-16(15-9-23-26-17(15)6-10)20(28)7-13-14(8-20)18(13)25-19(27)24-12-3-1-11(22)2-4-12/h1-6,9,13-14,18,28H,7-8H2,(H,23,26)(H2,24,25,27)/t13-,14+,18?,20?. The maximum absolute atomic E-state index is 12.9. The number of anilines is 1. The van der Waals surface area contributed by atoms with Crippen molar-refractivity contribution in [1.29, 1.82) is 0 Å². The van der Waals surface area contributed by atoms with E-state index in [2.05, 4.69) is 20.8 Å². The van der Waals surface area contributed by atoms with E-state index in [-0.39, 0.29) is 29.7 Å². The van der Waals surface area contributed by atoms with E-state index < -0.39 is 5.60 Å². The van der Waals surface area contributed by atoms with Crippen molar-refractivity contribution in [3.05, 3.63) is 59.0 Å². The average Bonchev–Trinajstić information content (AvgIpc) is 3.03. The lowest BCUT2D eigenvalue weighted by Crippen LogP contribution is -2.36. The number of halogens is 2. The Morgan fingerprint density at radius 2 is 1.96 bits per heavy atom. The van der Waals surface area contributed by atoms with Gasteiger partial charge in [0.1, 0.15) is 5.82 Å². The van der Waals surface area contributed by atoms with E-state index in [1.54, 1.807) is 18.3 Å². The van der Waals surface area contributed by atoms with Crippen molar-refractivity contribution in [3.8, 4) is 0 Å². The van der Waals surface area contributed by atoms with E-state index in [9.17, 15) is 14.3 Å². The van der Waals surface area contributed by atoms with Crippen LogP contribution in [-0.4, -0.2) is 27.4 Å². The third-order valence-corrected chi connectivity index (χ3v) is 6.12. The zero-order valence-electron chi connectivity index (χ0n) is 14.7. The van der Waals surface area contributed by atoms with E-state index in [1.807, 2.05) is 0 Å². The summed E-state index contributed by atoms with van der Waals surface area (Å²) in [6.45, 7) is 0. The summed E-state index contributed by atoms with van der Waals surface area (Å²) in [4.78, 5) is 12.2. The summed E-state index contributed by atoms with van der Waals surface area (Å²) >= 11 is 6.21. The molecule has 1 heterocycles. The van der Waals surface area contributed by atoms with Crippen molar-refractivity contribution in [1.82, 2.24) is 15.5 Å². The first-order valence-corrected chi connectivity index (χ1v) is 9.49. The van der Waals surface area contributed by atoms with Crippen LogP contribution in [0.15, 0.2) is 42.6 Å². The fraction of sp³-hybridized carbons (Fsp3) is 0.300. The number of hydrogen-bond donors (Lipinski definition) is 4. The summed E-state index contributed by atoms with van der Waals surface area (Å²) in [7, 11) is 0. The molecule has 4 N–H and O–H groups in total. The smallest absolute Gasteiger partial charge is 0.319 e. The highest BCUT2D eigenvalue weighted by molar-refractivity contribution is 6.31. The zero-order chi connectivity index (χ0) is 19.5. The Labute approximate surface area is 165 Å². The minimum Gasteiger partial charge on any atom is -0.385 e. The maximum Gasteiger partial charge on any atom is 0.319 e. The van der Waals surface area contributed by atoms with Gasteiger partial charge >= 0.3 is 6.03 Å².